The Morgan fingerprint density at radius 3 is 2.48 bits per heavy atom. The third-order valence-electron chi connectivity index (χ3n) is 8.70. The Bertz CT molecular complexity index is 1700. The fourth-order valence-electron chi connectivity index (χ4n) is 6.03. The van der Waals surface area contributed by atoms with Crippen LogP contribution in [0.2, 0.25) is 0 Å². The Hall–Kier alpha value is -3.72. The molecule has 2 N–H and O–H groups in total. The zero-order valence-electron chi connectivity index (χ0n) is 26.5. The first-order valence-electron chi connectivity index (χ1n) is 15.3. The average Bonchev–Trinajstić information content (AvgIpc) is 3.09. The zero-order chi connectivity index (χ0) is 32.2. The highest BCUT2D eigenvalue weighted by Gasteiger charge is 2.29. The number of aromatic nitrogens is 4. The molecule has 14 heteroatoms. The maximum atomic E-state index is 13.5. The summed E-state index contributed by atoms with van der Waals surface area (Å²) in [4.78, 5) is 38.7. The van der Waals surface area contributed by atoms with Gasteiger partial charge in [0.1, 0.15) is 17.1 Å². The lowest BCUT2D eigenvalue weighted by atomic mass is 10.0. The molecule has 2 fully saturated rings. The van der Waals surface area contributed by atoms with Crippen LogP contribution < -0.4 is 19.7 Å². The van der Waals surface area contributed by atoms with Crippen LogP contribution in [-0.4, -0.2) is 113 Å². The van der Waals surface area contributed by atoms with E-state index < -0.39 is 0 Å². The number of methoxy groups -OCH3 is 1. The van der Waals surface area contributed by atoms with E-state index in [0.717, 1.165) is 74.5 Å². The lowest BCUT2D eigenvalue weighted by Crippen LogP contribution is -2.52. The van der Waals surface area contributed by atoms with Crippen LogP contribution in [0.1, 0.15) is 23.2 Å². The van der Waals surface area contributed by atoms with Gasteiger partial charge in [-0.1, -0.05) is 11.9 Å². The minimum absolute atomic E-state index is 0.0270. The zero-order valence-corrected chi connectivity index (χ0v) is 28.9. The van der Waals surface area contributed by atoms with Crippen molar-refractivity contribution in [1.29, 1.82) is 0 Å². The highest BCUT2D eigenvalue weighted by atomic mass is 79.9. The average molecular weight is 708 g/mol. The second-order valence-corrected chi connectivity index (χ2v) is 13.3. The standard InChI is InChI=1S/C32H39BrN10O2S/c1-40-15-17-42(18-16-40)22-9-13-43(14-10-22)31(44)21-5-6-24(27(19-21)45-3)38-32-36-20-23(33)30(39-32)37-26-8-7-25-28(35-12-11-34-25)29(26)41(2)46-4/h5-8,11-12,19-20,22H,9-10,13-18H2,1-4H3,(H2,36,37,38,39). The van der Waals surface area contributed by atoms with Crippen molar-refractivity contribution in [2.24, 2.45) is 0 Å². The Morgan fingerprint density at radius 2 is 1.74 bits per heavy atom. The van der Waals surface area contributed by atoms with Crippen LogP contribution in [0.25, 0.3) is 11.0 Å². The number of anilines is 5. The van der Waals surface area contributed by atoms with Gasteiger partial charge in [0.15, 0.2) is 0 Å². The molecule has 2 aromatic carbocycles. The molecule has 46 heavy (non-hydrogen) atoms. The molecule has 2 aliphatic heterocycles. The number of fused-ring (bicyclic) bond motifs is 1. The van der Waals surface area contributed by atoms with Gasteiger partial charge >= 0.3 is 0 Å². The first-order valence-corrected chi connectivity index (χ1v) is 17.3. The number of benzene rings is 2. The molecule has 6 rings (SSSR count). The molecule has 1 amide bonds. The predicted molar refractivity (Wildman–Crippen MR) is 189 cm³/mol. The summed E-state index contributed by atoms with van der Waals surface area (Å²) in [5.74, 6) is 1.51. The second kappa shape index (κ2) is 14.4. The topological polar surface area (TPSA) is 115 Å². The lowest BCUT2D eigenvalue weighted by molar-refractivity contribution is 0.0518. The Labute approximate surface area is 282 Å². The van der Waals surface area contributed by atoms with E-state index >= 15 is 0 Å². The van der Waals surface area contributed by atoms with E-state index in [0.29, 0.717) is 39.3 Å². The van der Waals surface area contributed by atoms with Crippen LogP contribution in [0.15, 0.2) is 53.4 Å². The molecule has 0 atom stereocenters. The summed E-state index contributed by atoms with van der Waals surface area (Å²) < 4.78 is 8.43. The molecule has 2 aromatic heterocycles. The van der Waals surface area contributed by atoms with Gasteiger partial charge in [0.25, 0.3) is 5.91 Å². The minimum atomic E-state index is 0.0270. The number of amides is 1. The first kappa shape index (κ1) is 32.2. The number of nitrogens with zero attached hydrogens (tertiary/aromatic N) is 8. The summed E-state index contributed by atoms with van der Waals surface area (Å²) >= 11 is 5.16. The van der Waals surface area contributed by atoms with E-state index in [1.165, 1.54) is 0 Å². The number of nitrogens with one attached hydrogen (secondary N) is 2. The van der Waals surface area contributed by atoms with E-state index in [4.69, 9.17) is 9.72 Å². The number of piperidine rings is 1. The molecule has 0 spiro atoms. The molecule has 0 radical (unpaired) electrons. The number of piperazine rings is 1. The van der Waals surface area contributed by atoms with Crippen molar-refractivity contribution >= 4 is 73.6 Å². The molecule has 0 unspecified atom stereocenters. The Balaban J connectivity index is 1.16. The summed E-state index contributed by atoms with van der Waals surface area (Å²) in [5.41, 5.74) is 4.56. The van der Waals surface area contributed by atoms with Gasteiger partial charge in [0.2, 0.25) is 5.95 Å². The molecule has 12 nitrogen and oxygen atoms in total. The number of ether oxygens (including phenoxy) is 1. The molecule has 4 aromatic rings. The van der Waals surface area contributed by atoms with Crippen LogP contribution in [-0.2, 0) is 0 Å². The molecule has 242 valence electrons. The number of hydrogen-bond donors (Lipinski definition) is 2. The number of hydrogen-bond acceptors (Lipinski definition) is 12. The van der Waals surface area contributed by atoms with Crippen LogP contribution in [0.3, 0.4) is 0 Å². The monoisotopic (exact) mass is 706 g/mol. The lowest BCUT2D eigenvalue weighted by Gasteiger charge is -2.42. The summed E-state index contributed by atoms with van der Waals surface area (Å²) in [6, 6.07) is 9.91. The molecular weight excluding hydrogens is 668 g/mol. The molecule has 0 aliphatic carbocycles. The molecule has 2 aliphatic rings. The van der Waals surface area contributed by atoms with Crippen molar-refractivity contribution in [3.8, 4) is 5.75 Å². The largest absolute Gasteiger partial charge is 0.495 e. The quantitative estimate of drug-likeness (QED) is 0.222. The van der Waals surface area contributed by atoms with E-state index in [-0.39, 0.29) is 5.91 Å². The van der Waals surface area contributed by atoms with Crippen molar-refractivity contribution < 1.29 is 9.53 Å². The van der Waals surface area contributed by atoms with Gasteiger partial charge in [-0.3, -0.25) is 19.7 Å². The van der Waals surface area contributed by atoms with Gasteiger partial charge in [0, 0.05) is 82.8 Å². The minimum Gasteiger partial charge on any atom is -0.495 e. The number of likely N-dealkylation sites (tertiary alicyclic amines) is 1. The van der Waals surface area contributed by atoms with Gasteiger partial charge in [-0.25, -0.2) is 4.98 Å². The van der Waals surface area contributed by atoms with Crippen molar-refractivity contribution in [3.05, 3.63) is 59.0 Å². The second-order valence-electron chi connectivity index (χ2n) is 11.5. The Kier molecular flexibility index (Phi) is 10.1. The molecule has 0 bridgehead atoms. The fourth-order valence-corrected chi connectivity index (χ4v) is 6.68. The summed E-state index contributed by atoms with van der Waals surface area (Å²) in [6.07, 6.45) is 9.08. The molecule has 0 saturated carbocycles. The third-order valence-corrected chi connectivity index (χ3v) is 10.0. The maximum Gasteiger partial charge on any atom is 0.253 e. The van der Waals surface area contributed by atoms with E-state index in [9.17, 15) is 4.79 Å². The number of carbonyl (C=O) groups is 1. The summed E-state index contributed by atoms with van der Waals surface area (Å²) in [5, 5.41) is 6.71. The van der Waals surface area contributed by atoms with Crippen molar-refractivity contribution in [2.75, 3.05) is 81.7 Å². The highest BCUT2D eigenvalue weighted by molar-refractivity contribution is 9.10. The van der Waals surface area contributed by atoms with E-state index in [1.807, 2.05) is 46.8 Å². The Morgan fingerprint density at radius 1 is 1.00 bits per heavy atom. The van der Waals surface area contributed by atoms with Crippen LogP contribution >= 0.6 is 27.9 Å². The van der Waals surface area contributed by atoms with Crippen LogP contribution in [0.5, 0.6) is 5.75 Å². The van der Waals surface area contributed by atoms with Crippen LogP contribution in [0, 0.1) is 0 Å². The third kappa shape index (κ3) is 6.99. The number of carbonyl (C=O) groups excluding carboxylic acids is 1. The van der Waals surface area contributed by atoms with Gasteiger partial charge in [-0.05, 0) is 66.2 Å². The van der Waals surface area contributed by atoms with E-state index in [2.05, 4.69) is 58.4 Å². The van der Waals surface area contributed by atoms with Crippen LogP contribution in [0.4, 0.5) is 28.8 Å². The number of halogens is 1. The van der Waals surface area contributed by atoms with Gasteiger partial charge in [0.05, 0.1) is 34.2 Å². The fraction of sp³-hybridized carbons (Fsp3) is 0.406. The van der Waals surface area contributed by atoms with Gasteiger partial charge in [-0.15, -0.1) is 0 Å². The first-order chi connectivity index (χ1) is 22.3. The van der Waals surface area contributed by atoms with Gasteiger partial charge in [-0.2, -0.15) is 4.98 Å². The number of rotatable bonds is 9. The smallest absolute Gasteiger partial charge is 0.253 e. The van der Waals surface area contributed by atoms with Crippen molar-refractivity contribution in [3.63, 3.8) is 0 Å². The predicted octanol–water partition coefficient (Wildman–Crippen LogP) is 5.24. The highest BCUT2D eigenvalue weighted by Crippen LogP contribution is 2.38. The SMILES string of the molecule is COc1cc(C(=O)N2CCC(N3CCN(C)CC3)CC2)ccc1Nc1ncc(Br)c(Nc2ccc3nccnc3c2N(C)SC)n1. The van der Waals surface area contributed by atoms with Crippen molar-refractivity contribution in [2.45, 2.75) is 18.9 Å². The summed E-state index contributed by atoms with van der Waals surface area (Å²) in [7, 11) is 5.76. The van der Waals surface area contributed by atoms with Crippen molar-refractivity contribution in [1.82, 2.24) is 34.6 Å². The summed E-state index contributed by atoms with van der Waals surface area (Å²) in [6.45, 7) is 5.96. The normalized spacial score (nSPS) is 16.4. The number of likely N-dealkylation sites (N-methyl/N-ethyl adjacent to an activating group) is 1. The molecular formula is C32H39BrN10O2S. The molecule has 2 saturated heterocycles. The van der Waals surface area contributed by atoms with E-state index in [1.54, 1.807) is 43.7 Å². The van der Waals surface area contributed by atoms with Gasteiger partial charge < -0.3 is 29.5 Å². The molecule has 4 heterocycles. The maximum absolute atomic E-state index is 13.5.